The van der Waals surface area contributed by atoms with E-state index < -0.39 is 0 Å². The van der Waals surface area contributed by atoms with Crippen molar-refractivity contribution in [1.82, 2.24) is 15.0 Å². The van der Waals surface area contributed by atoms with E-state index in [1.54, 1.807) is 0 Å². The van der Waals surface area contributed by atoms with E-state index in [0.717, 1.165) is 67.4 Å². The zero-order chi connectivity index (χ0) is 40.0. The van der Waals surface area contributed by atoms with Gasteiger partial charge < -0.3 is 9.32 Å². The van der Waals surface area contributed by atoms with E-state index in [2.05, 4.69) is 164 Å². The third-order valence-corrected chi connectivity index (χ3v) is 13.5. The summed E-state index contributed by atoms with van der Waals surface area (Å²) in [7, 11) is 0. The van der Waals surface area contributed by atoms with Crippen LogP contribution in [0.25, 0.3) is 77.2 Å². The quantitative estimate of drug-likeness (QED) is 0.168. The van der Waals surface area contributed by atoms with Crippen LogP contribution in [-0.2, 0) is 5.41 Å². The van der Waals surface area contributed by atoms with E-state index in [0.29, 0.717) is 11.6 Å². The van der Waals surface area contributed by atoms with Crippen molar-refractivity contribution in [3.05, 3.63) is 191 Å². The Balaban J connectivity index is 0.994. The van der Waals surface area contributed by atoms with Gasteiger partial charge in [-0.15, -0.1) is 11.3 Å². The average molecular weight is 791 g/mol. The fourth-order valence-electron chi connectivity index (χ4n) is 9.48. The van der Waals surface area contributed by atoms with Crippen molar-refractivity contribution in [2.24, 2.45) is 0 Å². The van der Waals surface area contributed by atoms with Gasteiger partial charge in [0.1, 0.15) is 16.8 Å². The number of hydrogen-bond donors (Lipinski definition) is 0. The molecule has 0 saturated carbocycles. The largest absolute Gasteiger partial charge is 0.456 e. The average Bonchev–Trinajstić information content (AvgIpc) is 3.94. The lowest BCUT2D eigenvalue weighted by Crippen LogP contribution is -2.25. The van der Waals surface area contributed by atoms with Crippen LogP contribution >= 0.6 is 11.3 Å². The maximum absolute atomic E-state index is 6.33. The van der Waals surface area contributed by atoms with E-state index in [1.807, 2.05) is 41.7 Å². The summed E-state index contributed by atoms with van der Waals surface area (Å²) >= 11 is 1.81. The number of nitrogens with zero attached hydrogens (tertiary/aromatic N) is 4. The van der Waals surface area contributed by atoms with E-state index in [1.165, 1.54) is 37.0 Å². The molecule has 286 valence electrons. The van der Waals surface area contributed by atoms with Crippen LogP contribution in [0, 0.1) is 0 Å². The molecule has 3 heterocycles. The Bertz CT molecular complexity index is 3460. The summed E-state index contributed by atoms with van der Waals surface area (Å²) in [6.07, 6.45) is 5.23. The molecule has 0 saturated heterocycles. The van der Waals surface area contributed by atoms with Gasteiger partial charge in [-0.1, -0.05) is 135 Å². The van der Waals surface area contributed by atoms with Crippen LogP contribution in [-0.4, -0.2) is 15.0 Å². The molecule has 6 heteroatoms. The topological polar surface area (TPSA) is 55.1 Å². The van der Waals surface area contributed by atoms with Gasteiger partial charge in [-0.2, -0.15) is 0 Å². The summed E-state index contributed by atoms with van der Waals surface area (Å²) in [5.74, 6) is 2.01. The van der Waals surface area contributed by atoms with Gasteiger partial charge in [-0.25, -0.2) is 15.0 Å². The maximum Gasteiger partial charge on any atom is 0.164 e. The number of rotatable bonds is 6. The minimum absolute atomic E-state index is 0.0637. The predicted molar refractivity (Wildman–Crippen MR) is 248 cm³/mol. The Labute approximate surface area is 351 Å². The Morgan fingerprint density at radius 3 is 2.18 bits per heavy atom. The molecule has 0 amide bonds. The maximum atomic E-state index is 6.33. The zero-order valence-corrected chi connectivity index (χ0v) is 33.9. The van der Waals surface area contributed by atoms with E-state index in [4.69, 9.17) is 19.4 Å². The first-order valence-electron chi connectivity index (χ1n) is 20.5. The van der Waals surface area contributed by atoms with Crippen LogP contribution in [0.4, 0.5) is 17.1 Å². The van der Waals surface area contributed by atoms with Crippen molar-refractivity contribution in [1.29, 1.82) is 0 Å². The van der Waals surface area contributed by atoms with Crippen LogP contribution in [0.1, 0.15) is 43.1 Å². The first-order chi connectivity index (χ1) is 29.5. The van der Waals surface area contributed by atoms with Gasteiger partial charge in [0.05, 0.1) is 0 Å². The first-order valence-corrected chi connectivity index (χ1v) is 21.4. The highest BCUT2D eigenvalue weighted by atomic mass is 32.1. The number of fused-ring (bicyclic) bond motifs is 9. The number of anilines is 3. The van der Waals surface area contributed by atoms with Crippen LogP contribution in [0.2, 0.25) is 0 Å². The normalized spacial score (nSPS) is 15.0. The summed E-state index contributed by atoms with van der Waals surface area (Å²) in [6.45, 7) is 4.69. The molecule has 5 nitrogen and oxygen atoms in total. The molecule has 0 N–H and O–H groups in total. The number of para-hydroxylation sites is 2. The van der Waals surface area contributed by atoms with Gasteiger partial charge in [-0.3, -0.25) is 0 Å². The minimum Gasteiger partial charge on any atom is -0.456 e. The lowest BCUT2D eigenvalue weighted by atomic mass is 9.82. The van der Waals surface area contributed by atoms with Crippen LogP contribution in [0.3, 0.4) is 0 Å². The third-order valence-electron chi connectivity index (χ3n) is 12.4. The molecule has 60 heavy (non-hydrogen) atoms. The number of aromatic nitrogens is 3. The lowest BCUT2D eigenvalue weighted by molar-refractivity contribution is 0.568. The fourth-order valence-corrected chi connectivity index (χ4v) is 10.6. The molecule has 7 aromatic carbocycles. The molecule has 0 fully saturated rings. The molecule has 0 radical (unpaired) electrons. The number of hydrogen-bond acceptors (Lipinski definition) is 6. The van der Waals surface area contributed by atoms with E-state index in [-0.39, 0.29) is 11.3 Å². The molecule has 0 bridgehead atoms. The van der Waals surface area contributed by atoms with Gasteiger partial charge in [0.15, 0.2) is 11.6 Å². The molecule has 12 rings (SSSR count). The first kappa shape index (κ1) is 34.9. The number of benzene rings is 7. The Morgan fingerprint density at radius 2 is 1.30 bits per heavy atom. The number of thiophene rings is 1. The predicted octanol–water partition coefficient (Wildman–Crippen LogP) is 12.8. The second-order valence-electron chi connectivity index (χ2n) is 16.3. The van der Waals surface area contributed by atoms with Crippen molar-refractivity contribution in [2.45, 2.75) is 31.6 Å². The van der Waals surface area contributed by atoms with E-state index in [9.17, 15) is 0 Å². The summed E-state index contributed by atoms with van der Waals surface area (Å²) in [4.78, 5) is 18.0. The van der Waals surface area contributed by atoms with Gasteiger partial charge >= 0.3 is 0 Å². The van der Waals surface area contributed by atoms with Crippen molar-refractivity contribution in [3.63, 3.8) is 0 Å². The van der Waals surface area contributed by atoms with Crippen LogP contribution in [0.5, 0.6) is 0 Å². The van der Waals surface area contributed by atoms with Gasteiger partial charge in [-0.05, 0) is 83.3 Å². The van der Waals surface area contributed by atoms with Gasteiger partial charge in [0.25, 0.3) is 0 Å². The Kier molecular flexibility index (Phi) is 7.81. The number of furan rings is 1. The molecule has 1 unspecified atom stereocenters. The molecular formula is C54H38N4OS. The standard InChI is InChI=1S/C54H38N4OS/c1-54(2)44-21-11-9-18-38(44)39-28-25-36(31-45(39)54)58(35-16-7-4-8-17-35)37-26-29-42-49(32-37)60-48-23-13-20-43(50(42)48)53-56-51(33-14-5-3-6-15-33)55-52(57-53)34-24-27-41-40-19-10-12-22-46(40)59-47(41)30-34/h3-23,25-32,34H,24H2,1-2H3. The molecule has 0 aliphatic heterocycles. The molecule has 2 aliphatic carbocycles. The van der Waals surface area contributed by atoms with Crippen LogP contribution < -0.4 is 15.5 Å². The molecule has 1 atom stereocenters. The molecule has 0 spiro atoms. The second-order valence-corrected chi connectivity index (χ2v) is 17.4. The van der Waals surface area contributed by atoms with Gasteiger partial charge in [0, 0.05) is 70.3 Å². The van der Waals surface area contributed by atoms with E-state index >= 15 is 0 Å². The SMILES string of the molecule is CC1(C)c2ccccc2-c2ccc(N(c3ccccc3)c3ccc4c(c3)sc3cccc(-c5nc(-c6ccccc6)nc(C6C=c7oc8ccccc8c7=CC6)n5)c34)cc21. The minimum atomic E-state index is -0.102. The van der Waals surface area contributed by atoms with Crippen molar-refractivity contribution in [3.8, 4) is 33.9 Å². The molecular weight excluding hydrogens is 753 g/mol. The third kappa shape index (κ3) is 5.48. The highest BCUT2D eigenvalue weighted by Crippen LogP contribution is 2.51. The van der Waals surface area contributed by atoms with Crippen molar-refractivity contribution >= 4 is 71.7 Å². The lowest BCUT2D eigenvalue weighted by Gasteiger charge is -2.28. The van der Waals surface area contributed by atoms with Crippen LogP contribution in [0.15, 0.2) is 168 Å². The monoisotopic (exact) mass is 790 g/mol. The molecule has 10 aromatic rings. The molecule has 2 aliphatic rings. The van der Waals surface area contributed by atoms with Crippen molar-refractivity contribution in [2.75, 3.05) is 4.90 Å². The second kappa shape index (κ2) is 13.4. The highest BCUT2D eigenvalue weighted by Gasteiger charge is 2.36. The van der Waals surface area contributed by atoms with Crippen molar-refractivity contribution < 1.29 is 4.42 Å². The molecule has 3 aromatic heterocycles. The smallest absolute Gasteiger partial charge is 0.164 e. The summed E-state index contributed by atoms with van der Waals surface area (Å²) < 4.78 is 8.73. The highest BCUT2D eigenvalue weighted by molar-refractivity contribution is 7.26. The fraction of sp³-hybridized carbons (Fsp3) is 0.0926. The van der Waals surface area contributed by atoms with Gasteiger partial charge in [0.2, 0.25) is 0 Å². The summed E-state index contributed by atoms with van der Waals surface area (Å²) in [6, 6.07) is 58.3. The zero-order valence-electron chi connectivity index (χ0n) is 33.1. The summed E-state index contributed by atoms with van der Waals surface area (Å²) in [5, 5.41) is 4.62. The Hall–Kier alpha value is -7.15. The summed E-state index contributed by atoms with van der Waals surface area (Å²) in [5.41, 5.74) is 12.4. The Morgan fingerprint density at radius 1 is 0.583 bits per heavy atom.